The topological polar surface area (TPSA) is 21.3 Å². The highest BCUT2D eigenvalue weighted by atomic mass is 35.5. The summed E-state index contributed by atoms with van der Waals surface area (Å²) in [5.41, 5.74) is -0.840. The molecule has 6 heteroatoms. The number of hydrogen-bond donors (Lipinski definition) is 1. The van der Waals surface area contributed by atoms with Gasteiger partial charge in [0, 0.05) is 13.1 Å². The first-order chi connectivity index (χ1) is 7.47. The van der Waals surface area contributed by atoms with Crippen LogP contribution in [0.5, 0.6) is 5.75 Å². The number of rotatable bonds is 2. The molecular formula is C10H9ClF3NO. The third-order valence-corrected chi connectivity index (χ3v) is 2.61. The van der Waals surface area contributed by atoms with Crippen molar-refractivity contribution in [3.63, 3.8) is 0 Å². The predicted octanol–water partition coefficient (Wildman–Crippen LogP) is 2.71. The van der Waals surface area contributed by atoms with Crippen molar-refractivity contribution < 1.29 is 17.9 Å². The van der Waals surface area contributed by atoms with E-state index in [0.717, 1.165) is 6.07 Å². The Kier molecular flexibility index (Phi) is 2.99. The molecule has 2 nitrogen and oxygen atoms in total. The molecule has 16 heavy (non-hydrogen) atoms. The summed E-state index contributed by atoms with van der Waals surface area (Å²) in [6.07, 6.45) is -4.40. The molecular weight excluding hydrogens is 243 g/mol. The van der Waals surface area contributed by atoms with Crippen molar-refractivity contribution in [2.45, 2.75) is 12.3 Å². The second-order valence-corrected chi connectivity index (χ2v) is 3.94. The van der Waals surface area contributed by atoms with Gasteiger partial charge in [0.15, 0.2) is 0 Å². The molecule has 0 amide bonds. The number of benzene rings is 1. The fraction of sp³-hybridized carbons (Fsp3) is 0.400. The van der Waals surface area contributed by atoms with Crippen LogP contribution in [0.15, 0.2) is 18.2 Å². The zero-order chi connectivity index (χ0) is 11.8. The summed E-state index contributed by atoms with van der Waals surface area (Å²) >= 11 is 5.54. The highest BCUT2D eigenvalue weighted by molar-refractivity contribution is 6.31. The Morgan fingerprint density at radius 1 is 1.31 bits per heavy atom. The molecule has 0 aromatic heterocycles. The van der Waals surface area contributed by atoms with E-state index in [0.29, 0.717) is 18.8 Å². The quantitative estimate of drug-likeness (QED) is 0.873. The molecule has 2 rings (SSSR count). The normalized spacial score (nSPS) is 17.0. The molecule has 0 spiro atoms. The van der Waals surface area contributed by atoms with E-state index < -0.39 is 11.7 Å². The molecule has 1 aliphatic heterocycles. The van der Waals surface area contributed by atoms with Gasteiger partial charge >= 0.3 is 6.18 Å². The molecule has 1 aromatic carbocycles. The maximum absolute atomic E-state index is 12.4. The van der Waals surface area contributed by atoms with Crippen molar-refractivity contribution in [3.8, 4) is 5.75 Å². The first-order valence-corrected chi connectivity index (χ1v) is 5.09. The lowest BCUT2D eigenvalue weighted by molar-refractivity contribution is -0.137. The van der Waals surface area contributed by atoms with Crippen LogP contribution in [-0.4, -0.2) is 19.2 Å². The molecule has 1 fully saturated rings. The highest BCUT2D eigenvalue weighted by Crippen LogP contribution is 2.36. The zero-order valence-electron chi connectivity index (χ0n) is 8.14. The van der Waals surface area contributed by atoms with Crippen LogP contribution in [-0.2, 0) is 6.18 Å². The second-order valence-electron chi connectivity index (χ2n) is 3.54. The average Bonchev–Trinajstić information content (AvgIpc) is 2.09. The lowest BCUT2D eigenvalue weighted by Crippen LogP contribution is -2.50. The number of ether oxygens (including phenoxy) is 1. The summed E-state index contributed by atoms with van der Waals surface area (Å²) in [4.78, 5) is 0. The molecule has 0 aliphatic carbocycles. The Labute approximate surface area is 95.3 Å². The van der Waals surface area contributed by atoms with Gasteiger partial charge in [-0.15, -0.1) is 0 Å². The molecule has 1 heterocycles. The lowest BCUT2D eigenvalue weighted by Gasteiger charge is -2.28. The van der Waals surface area contributed by atoms with Crippen LogP contribution < -0.4 is 10.1 Å². The van der Waals surface area contributed by atoms with E-state index in [4.69, 9.17) is 16.3 Å². The van der Waals surface area contributed by atoms with Crippen LogP contribution in [0.2, 0.25) is 5.02 Å². The van der Waals surface area contributed by atoms with Crippen molar-refractivity contribution in [2.75, 3.05) is 13.1 Å². The van der Waals surface area contributed by atoms with E-state index in [-0.39, 0.29) is 11.1 Å². The van der Waals surface area contributed by atoms with Gasteiger partial charge in [0.25, 0.3) is 0 Å². The van der Waals surface area contributed by atoms with Crippen LogP contribution >= 0.6 is 11.6 Å². The number of alkyl halides is 3. The molecule has 88 valence electrons. The van der Waals surface area contributed by atoms with Gasteiger partial charge < -0.3 is 10.1 Å². The van der Waals surface area contributed by atoms with E-state index in [2.05, 4.69) is 5.32 Å². The van der Waals surface area contributed by atoms with E-state index in [1.807, 2.05) is 0 Å². The monoisotopic (exact) mass is 251 g/mol. The van der Waals surface area contributed by atoms with Crippen LogP contribution in [0.1, 0.15) is 5.56 Å². The summed E-state index contributed by atoms with van der Waals surface area (Å²) in [5, 5.41) is 2.66. The van der Waals surface area contributed by atoms with Gasteiger partial charge in [0.05, 0.1) is 10.6 Å². The third-order valence-electron chi connectivity index (χ3n) is 2.29. The minimum atomic E-state index is -4.42. The number of hydrogen-bond acceptors (Lipinski definition) is 2. The summed E-state index contributed by atoms with van der Waals surface area (Å²) in [6, 6.07) is 3.42. The van der Waals surface area contributed by atoms with Crippen molar-refractivity contribution in [1.82, 2.24) is 5.32 Å². The Morgan fingerprint density at radius 3 is 2.44 bits per heavy atom. The largest absolute Gasteiger partial charge is 0.488 e. The second kappa shape index (κ2) is 4.14. The Balaban J connectivity index is 2.15. The zero-order valence-corrected chi connectivity index (χ0v) is 8.90. The molecule has 0 bridgehead atoms. The third kappa shape index (κ3) is 2.41. The summed E-state index contributed by atoms with van der Waals surface area (Å²) in [6.45, 7) is 1.41. The Bertz CT molecular complexity index is 390. The van der Waals surface area contributed by atoms with Crippen molar-refractivity contribution >= 4 is 11.6 Å². The van der Waals surface area contributed by atoms with Crippen LogP contribution in [0, 0.1) is 0 Å². The number of halogens is 4. The Hall–Kier alpha value is -0.940. The highest BCUT2D eigenvalue weighted by Gasteiger charge is 2.33. The molecule has 1 saturated heterocycles. The summed E-state index contributed by atoms with van der Waals surface area (Å²) in [5.74, 6) is 0.365. The fourth-order valence-electron chi connectivity index (χ4n) is 1.34. The van der Waals surface area contributed by atoms with Gasteiger partial charge in [-0.2, -0.15) is 13.2 Å². The molecule has 0 unspecified atom stereocenters. The van der Waals surface area contributed by atoms with Crippen LogP contribution in [0.25, 0.3) is 0 Å². The van der Waals surface area contributed by atoms with Gasteiger partial charge in [-0.05, 0) is 18.2 Å². The van der Waals surface area contributed by atoms with Crippen LogP contribution in [0.4, 0.5) is 13.2 Å². The van der Waals surface area contributed by atoms with E-state index in [9.17, 15) is 13.2 Å². The molecule has 1 aromatic rings. The average molecular weight is 252 g/mol. The van der Waals surface area contributed by atoms with Gasteiger partial charge in [0.2, 0.25) is 0 Å². The van der Waals surface area contributed by atoms with Gasteiger partial charge in [-0.25, -0.2) is 0 Å². The summed E-state index contributed by atoms with van der Waals surface area (Å²) in [7, 11) is 0. The molecule has 1 N–H and O–H groups in total. The first-order valence-electron chi connectivity index (χ1n) is 4.71. The minimum absolute atomic E-state index is 0.0211. The standard InChI is InChI=1S/C10H9ClF3NO/c11-9-3-6(16-7-4-15-5-7)1-2-8(9)10(12,13)14/h1-3,7,15H,4-5H2. The van der Waals surface area contributed by atoms with Crippen molar-refractivity contribution in [3.05, 3.63) is 28.8 Å². The maximum Gasteiger partial charge on any atom is 0.417 e. The van der Waals surface area contributed by atoms with E-state index in [1.165, 1.54) is 12.1 Å². The van der Waals surface area contributed by atoms with Crippen LogP contribution in [0.3, 0.4) is 0 Å². The lowest BCUT2D eigenvalue weighted by atomic mass is 10.2. The minimum Gasteiger partial charge on any atom is -0.488 e. The smallest absolute Gasteiger partial charge is 0.417 e. The molecule has 1 aliphatic rings. The van der Waals surface area contributed by atoms with Crippen molar-refractivity contribution in [1.29, 1.82) is 0 Å². The molecule has 0 saturated carbocycles. The maximum atomic E-state index is 12.4. The SMILES string of the molecule is FC(F)(F)c1ccc(OC2CNC2)cc1Cl. The fourth-order valence-corrected chi connectivity index (χ4v) is 1.61. The number of nitrogens with one attached hydrogen (secondary N) is 1. The summed E-state index contributed by atoms with van der Waals surface area (Å²) < 4.78 is 42.5. The van der Waals surface area contributed by atoms with Crippen molar-refractivity contribution in [2.24, 2.45) is 0 Å². The Morgan fingerprint density at radius 2 is 2.00 bits per heavy atom. The van der Waals surface area contributed by atoms with Gasteiger partial charge in [-0.3, -0.25) is 0 Å². The van der Waals surface area contributed by atoms with E-state index >= 15 is 0 Å². The predicted molar refractivity (Wildman–Crippen MR) is 53.7 cm³/mol. The van der Waals surface area contributed by atoms with Gasteiger partial charge in [0.1, 0.15) is 11.9 Å². The molecule has 0 radical (unpaired) electrons. The first kappa shape index (κ1) is 11.5. The molecule has 0 atom stereocenters. The van der Waals surface area contributed by atoms with Gasteiger partial charge in [-0.1, -0.05) is 11.6 Å². The van der Waals surface area contributed by atoms with E-state index in [1.54, 1.807) is 0 Å².